The van der Waals surface area contributed by atoms with Crippen LogP contribution in [0.2, 0.25) is 5.02 Å². The van der Waals surface area contributed by atoms with Crippen molar-refractivity contribution in [3.8, 4) is 0 Å². The second-order valence-electron chi connectivity index (χ2n) is 7.61. The third-order valence-electron chi connectivity index (χ3n) is 3.97. The van der Waals surface area contributed by atoms with Crippen molar-refractivity contribution in [1.29, 1.82) is 0 Å². The van der Waals surface area contributed by atoms with E-state index in [0.717, 1.165) is 15.6 Å². The lowest BCUT2D eigenvalue weighted by Gasteiger charge is -2.24. The van der Waals surface area contributed by atoms with Gasteiger partial charge in [0, 0.05) is 22.1 Å². The number of nitrogens with zero attached hydrogens (tertiary/aromatic N) is 1. The molecule has 0 bridgehead atoms. The van der Waals surface area contributed by atoms with Crippen LogP contribution in [0.3, 0.4) is 0 Å². The van der Waals surface area contributed by atoms with Crippen molar-refractivity contribution in [2.24, 2.45) is 0 Å². The first-order chi connectivity index (χ1) is 13.5. The van der Waals surface area contributed by atoms with Crippen molar-refractivity contribution in [3.05, 3.63) is 59.1 Å². The topological polar surface area (TPSA) is 66.5 Å². The summed E-state index contributed by atoms with van der Waals surface area (Å²) in [7, 11) is -3.91. The zero-order chi connectivity index (χ0) is 21.7. The normalized spacial score (nSPS) is 11.9. The highest BCUT2D eigenvalue weighted by Crippen LogP contribution is 2.25. The predicted octanol–water partition coefficient (Wildman–Crippen LogP) is 4.49. The van der Waals surface area contributed by atoms with Crippen molar-refractivity contribution in [1.82, 2.24) is 5.32 Å². The number of aryl methyl sites for hydroxylation is 1. The monoisotopic (exact) mass is 454 g/mol. The van der Waals surface area contributed by atoms with Gasteiger partial charge in [-0.2, -0.15) is 11.8 Å². The number of halogens is 1. The van der Waals surface area contributed by atoms with Gasteiger partial charge in [0.25, 0.3) is 10.0 Å². The summed E-state index contributed by atoms with van der Waals surface area (Å²) in [4.78, 5) is 12.6. The lowest BCUT2D eigenvalue weighted by atomic mass is 10.2. The van der Waals surface area contributed by atoms with E-state index in [2.05, 4.69) is 26.1 Å². The first kappa shape index (κ1) is 23.6. The summed E-state index contributed by atoms with van der Waals surface area (Å²) in [6.07, 6.45) is 0. The minimum Gasteiger partial charge on any atom is -0.354 e. The number of sulfonamides is 1. The molecule has 1 N–H and O–H groups in total. The molecular weight excluding hydrogens is 428 g/mol. The third-order valence-corrected chi connectivity index (χ3v) is 7.28. The van der Waals surface area contributed by atoms with E-state index in [9.17, 15) is 13.2 Å². The molecule has 0 fully saturated rings. The Morgan fingerprint density at radius 1 is 1.07 bits per heavy atom. The molecule has 1 amide bonds. The quantitative estimate of drug-likeness (QED) is 0.596. The van der Waals surface area contributed by atoms with E-state index in [1.165, 1.54) is 0 Å². The van der Waals surface area contributed by atoms with Crippen molar-refractivity contribution in [2.45, 2.75) is 37.3 Å². The molecule has 2 aromatic carbocycles. The van der Waals surface area contributed by atoms with E-state index < -0.39 is 10.0 Å². The Labute approximate surface area is 182 Å². The van der Waals surface area contributed by atoms with Gasteiger partial charge in [0.15, 0.2) is 0 Å². The van der Waals surface area contributed by atoms with Crippen LogP contribution in [0, 0.1) is 6.92 Å². The van der Waals surface area contributed by atoms with E-state index >= 15 is 0 Å². The number of thioether (sulfide) groups is 1. The summed E-state index contributed by atoms with van der Waals surface area (Å²) in [6.45, 7) is 8.37. The average Bonchev–Trinajstić information content (AvgIpc) is 2.64. The molecule has 29 heavy (non-hydrogen) atoms. The summed E-state index contributed by atoms with van der Waals surface area (Å²) < 4.78 is 27.7. The first-order valence-electron chi connectivity index (χ1n) is 9.25. The fourth-order valence-electron chi connectivity index (χ4n) is 2.49. The number of anilines is 1. The number of hydrogen-bond acceptors (Lipinski definition) is 4. The number of amides is 1. The van der Waals surface area contributed by atoms with Crippen molar-refractivity contribution < 1.29 is 13.2 Å². The highest BCUT2D eigenvalue weighted by Gasteiger charge is 2.27. The maximum Gasteiger partial charge on any atom is 0.264 e. The van der Waals surface area contributed by atoms with E-state index in [-0.39, 0.29) is 22.1 Å². The van der Waals surface area contributed by atoms with Crippen LogP contribution in [0.15, 0.2) is 53.4 Å². The number of nitrogens with one attached hydrogen (secondary N) is 1. The Morgan fingerprint density at radius 3 is 2.21 bits per heavy atom. The van der Waals surface area contributed by atoms with Crippen LogP contribution in [0.4, 0.5) is 5.69 Å². The molecule has 5 nitrogen and oxygen atoms in total. The van der Waals surface area contributed by atoms with Crippen molar-refractivity contribution in [3.63, 3.8) is 0 Å². The van der Waals surface area contributed by atoms with Gasteiger partial charge in [0.05, 0.1) is 10.6 Å². The van der Waals surface area contributed by atoms with Crippen LogP contribution in [0.1, 0.15) is 26.3 Å². The molecule has 0 heterocycles. The average molecular weight is 455 g/mol. The number of hydrogen-bond donors (Lipinski definition) is 1. The van der Waals surface area contributed by atoms with Gasteiger partial charge >= 0.3 is 0 Å². The largest absolute Gasteiger partial charge is 0.354 e. The smallest absolute Gasteiger partial charge is 0.264 e. The summed E-state index contributed by atoms with van der Waals surface area (Å²) in [5.41, 5.74) is 1.34. The number of benzene rings is 2. The van der Waals surface area contributed by atoms with Crippen molar-refractivity contribution in [2.75, 3.05) is 23.1 Å². The summed E-state index contributed by atoms with van der Waals surface area (Å²) in [5, 5.41) is 3.30. The lowest BCUT2D eigenvalue weighted by Crippen LogP contribution is -2.41. The van der Waals surface area contributed by atoms with Gasteiger partial charge < -0.3 is 5.32 Å². The standard InChI is InChI=1S/C21H27ClN2O3S2/c1-16-5-11-19(12-6-16)29(26,27)24(18-9-7-17(22)8-10-18)15-20(25)23-13-14-28-21(2,3)4/h5-12H,13-15H2,1-4H3,(H,23,25). The molecule has 0 atom stereocenters. The molecule has 0 aliphatic heterocycles. The van der Waals surface area contributed by atoms with Gasteiger partial charge in [-0.15, -0.1) is 0 Å². The minimum atomic E-state index is -3.91. The van der Waals surface area contributed by atoms with Crippen LogP contribution in [0.5, 0.6) is 0 Å². The first-order valence-corrected chi connectivity index (χ1v) is 12.0. The van der Waals surface area contributed by atoms with Crippen LogP contribution in [-0.4, -0.2) is 37.9 Å². The molecule has 0 radical (unpaired) electrons. The van der Waals surface area contributed by atoms with E-state index in [4.69, 9.17) is 11.6 Å². The molecule has 0 saturated carbocycles. The second-order valence-corrected chi connectivity index (χ2v) is 11.8. The highest BCUT2D eigenvalue weighted by molar-refractivity contribution is 8.00. The molecular formula is C21H27ClN2O3S2. The molecule has 0 unspecified atom stereocenters. The summed E-state index contributed by atoms with van der Waals surface area (Å²) in [6, 6.07) is 13.0. The molecule has 2 rings (SSSR count). The van der Waals surface area contributed by atoms with Crippen LogP contribution >= 0.6 is 23.4 Å². The number of carbonyl (C=O) groups excluding carboxylic acids is 1. The van der Waals surface area contributed by atoms with Gasteiger partial charge in [-0.3, -0.25) is 9.10 Å². The van der Waals surface area contributed by atoms with Gasteiger partial charge in [0.1, 0.15) is 6.54 Å². The Morgan fingerprint density at radius 2 is 1.66 bits per heavy atom. The van der Waals surface area contributed by atoms with Gasteiger partial charge in [0.2, 0.25) is 5.91 Å². The summed E-state index contributed by atoms with van der Waals surface area (Å²) >= 11 is 7.68. The second kappa shape index (κ2) is 9.87. The fourth-order valence-corrected chi connectivity index (χ4v) is 4.86. The highest BCUT2D eigenvalue weighted by atomic mass is 35.5. The molecule has 0 spiro atoms. The Hall–Kier alpha value is -1.70. The van der Waals surface area contributed by atoms with Gasteiger partial charge in [-0.05, 0) is 43.3 Å². The van der Waals surface area contributed by atoms with E-state index in [1.807, 2.05) is 6.92 Å². The van der Waals surface area contributed by atoms with Gasteiger partial charge in [-0.25, -0.2) is 8.42 Å². The van der Waals surface area contributed by atoms with Crippen LogP contribution in [-0.2, 0) is 14.8 Å². The molecule has 0 aromatic heterocycles. The Balaban J connectivity index is 2.21. The summed E-state index contributed by atoms with van der Waals surface area (Å²) in [5.74, 6) is 0.395. The molecule has 0 aliphatic carbocycles. The molecule has 0 aliphatic rings. The molecule has 0 saturated heterocycles. The van der Waals surface area contributed by atoms with Crippen LogP contribution in [0.25, 0.3) is 0 Å². The Kier molecular flexibility index (Phi) is 8.02. The molecule has 2 aromatic rings. The van der Waals surface area contributed by atoms with Gasteiger partial charge in [-0.1, -0.05) is 50.1 Å². The molecule has 158 valence electrons. The third kappa shape index (κ3) is 7.24. The maximum atomic E-state index is 13.2. The SMILES string of the molecule is Cc1ccc(S(=O)(=O)N(CC(=O)NCCSC(C)(C)C)c2ccc(Cl)cc2)cc1. The van der Waals surface area contributed by atoms with Crippen molar-refractivity contribution >= 4 is 45.0 Å². The fraction of sp³-hybridized carbons (Fsp3) is 0.381. The Bertz CT molecular complexity index is 922. The number of rotatable bonds is 8. The molecule has 8 heteroatoms. The zero-order valence-electron chi connectivity index (χ0n) is 17.1. The lowest BCUT2D eigenvalue weighted by molar-refractivity contribution is -0.119. The minimum absolute atomic E-state index is 0.106. The van der Waals surface area contributed by atoms with E-state index in [0.29, 0.717) is 17.3 Å². The van der Waals surface area contributed by atoms with Crippen LogP contribution < -0.4 is 9.62 Å². The van der Waals surface area contributed by atoms with E-state index in [1.54, 1.807) is 60.3 Å². The zero-order valence-corrected chi connectivity index (χ0v) is 19.5. The maximum absolute atomic E-state index is 13.2. The predicted molar refractivity (Wildman–Crippen MR) is 122 cm³/mol. The number of carbonyl (C=O) groups is 1.